The molecular formula is C8H14O5. The Hall–Kier alpha value is -0.780. The minimum atomic E-state index is -1.59. The summed E-state index contributed by atoms with van der Waals surface area (Å²) in [4.78, 5) is 21.4. The van der Waals surface area contributed by atoms with Gasteiger partial charge in [0, 0.05) is 12.8 Å². The van der Waals surface area contributed by atoms with E-state index in [0.717, 1.165) is 0 Å². The number of carbonyl (C=O) groups excluding carboxylic acids is 2. The van der Waals surface area contributed by atoms with Crippen LogP contribution in [0.15, 0.2) is 0 Å². The fourth-order valence-electron chi connectivity index (χ4n) is 0.762. The Morgan fingerprint density at radius 3 is 2.15 bits per heavy atom. The third-order valence-corrected chi connectivity index (χ3v) is 1.60. The molecule has 0 aromatic carbocycles. The van der Waals surface area contributed by atoms with E-state index in [1.165, 1.54) is 6.92 Å². The number of Topliss-reactive ketones (excluding diaryl/α,β-unsaturated/α-hetero) is 2. The Morgan fingerprint density at radius 1 is 1.23 bits per heavy atom. The van der Waals surface area contributed by atoms with Crippen LogP contribution in [-0.2, 0) is 9.59 Å². The third kappa shape index (κ3) is 4.72. The highest BCUT2D eigenvalue weighted by molar-refractivity contribution is 5.87. The molecule has 2 atom stereocenters. The van der Waals surface area contributed by atoms with Gasteiger partial charge in [-0.25, -0.2) is 0 Å². The number of aliphatic hydroxyl groups excluding tert-OH is 3. The summed E-state index contributed by atoms with van der Waals surface area (Å²) < 4.78 is 0. The molecule has 76 valence electrons. The Kier molecular flexibility index (Phi) is 5.45. The van der Waals surface area contributed by atoms with E-state index < -0.39 is 24.6 Å². The predicted octanol–water partition coefficient (Wildman–Crippen LogP) is -1.36. The summed E-state index contributed by atoms with van der Waals surface area (Å²) in [6, 6.07) is 0. The lowest BCUT2D eigenvalue weighted by molar-refractivity contribution is -0.135. The molecule has 0 aromatic heterocycles. The first-order valence-electron chi connectivity index (χ1n) is 3.98. The third-order valence-electron chi connectivity index (χ3n) is 1.60. The number of aliphatic hydroxyl groups is 3. The number of hydrogen-bond donors (Lipinski definition) is 3. The van der Waals surface area contributed by atoms with Crippen molar-refractivity contribution in [3.8, 4) is 0 Å². The van der Waals surface area contributed by atoms with Crippen LogP contribution in [0.3, 0.4) is 0 Å². The van der Waals surface area contributed by atoms with Crippen LogP contribution in [-0.4, -0.2) is 45.7 Å². The molecule has 0 aliphatic carbocycles. The molecule has 0 heterocycles. The van der Waals surface area contributed by atoms with Crippen molar-refractivity contribution in [2.45, 2.75) is 32.0 Å². The average molecular weight is 190 g/mol. The predicted molar refractivity (Wildman–Crippen MR) is 44.0 cm³/mol. The standard InChI is InChI=1S/C8H14O5/c1-5(10)2-3-6(11)8(13)7(12)4-9/h7-9,12-13H,2-4H2,1H3. The quantitative estimate of drug-likeness (QED) is 0.480. The lowest BCUT2D eigenvalue weighted by Gasteiger charge is -2.13. The minimum Gasteiger partial charge on any atom is -0.394 e. The monoisotopic (exact) mass is 190 g/mol. The maximum atomic E-state index is 11.0. The van der Waals surface area contributed by atoms with Crippen LogP contribution in [0.5, 0.6) is 0 Å². The van der Waals surface area contributed by atoms with Crippen LogP contribution in [0.25, 0.3) is 0 Å². The Balaban J connectivity index is 3.89. The molecule has 0 radical (unpaired) electrons. The van der Waals surface area contributed by atoms with Crippen molar-refractivity contribution in [2.24, 2.45) is 0 Å². The van der Waals surface area contributed by atoms with Crippen molar-refractivity contribution >= 4 is 11.6 Å². The molecule has 3 N–H and O–H groups in total. The highest BCUT2D eigenvalue weighted by Gasteiger charge is 2.22. The van der Waals surface area contributed by atoms with E-state index in [1.54, 1.807) is 0 Å². The van der Waals surface area contributed by atoms with E-state index in [0.29, 0.717) is 0 Å². The van der Waals surface area contributed by atoms with Gasteiger partial charge in [-0.15, -0.1) is 0 Å². The van der Waals surface area contributed by atoms with Crippen LogP contribution >= 0.6 is 0 Å². The SMILES string of the molecule is CC(=O)CCC(=O)C(O)C(O)CO. The summed E-state index contributed by atoms with van der Waals surface area (Å²) in [7, 11) is 0. The number of rotatable bonds is 6. The van der Waals surface area contributed by atoms with E-state index in [-0.39, 0.29) is 18.6 Å². The first-order chi connectivity index (χ1) is 5.99. The highest BCUT2D eigenvalue weighted by Crippen LogP contribution is 2.01. The van der Waals surface area contributed by atoms with Gasteiger partial charge in [0.05, 0.1) is 6.61 Å². The van der Waals surface area contributed by atoms with Gasteiger partial charge >= 0.3 is 0 Å². The van der Waals surface area contributed by atoms with Crippen LogP contribution in [0.4, 0.5) is 0 Å². The fourth-order valence-corrected chi connectivity index (χ4v) is 0.762. The number of carbonyl (C=O) groups is 2. The van der Waals surface area contributed by atoms with Crippen molar-refractivity contribution in [3.63, 3.8) is 0 Å². The zero-order valence-corrected chi connectivity index (χ0v) is 7.43. The van der Waals surface area contributed by atoms with Gasteiger partial charge in [0.2, 0.25) is 0 Å². The summed E-state index contributed by atoms with van der Waals surface area (Å²) in [5, 5.41) is 26.3. The molecule has 13 heavy (non-hydrogen) atoms. The number of hydrogen-bond acceptors (Lipinski definition) is 5. The molecule has 0 saturated carbocycles. The lowest BCUT2D eigenvalue weighted by atomic mass is 10.0. The summed E-state index contributed by atoms with van der Waals surface area (Å²) in [5.41, 5.74) is 0. The summed E-state index contributed by atoms with van der Waals surface area (Å²) in [6.07, 6.45) is -3.11. The van der Waals surface area contributed by atoms with Gasteiger partial charge in [0.15, 0.2) is 5.78 Å². The van der Waals surface area contributed by atoms with E-state index in [9.17, 15) is 9.59 Å². The molecule has 0 aromatic rings. The van der Waals surface area contributed by atoms with Gasteiger partial charge in [-0.3, -0.25) is 4.79 Å². The highest BCUT2D eigenvalue weighted by atomic mass is 16.4. The summed E-state index contributed by atoms with van der Waals surface area (Å²) in [6.45, 7) is 0.662. The molecule has 0 bridgehead atoms. The maximum Gasteiger partial charge on any atom is 0.164 e. The molecule has 0 spiro atoms. The smallest absolute Gasteiger partial charge is 0.164 e. The zero-order chi connectivity index (χ0) is 10.4. The normalized spacial score (nSPS) is 15.1. The van der Waals surface area contributed by atoms with Gasteiger partial charge in [-0.2, -0.15) is 0 Å². The second-order valence-electron chi connectivity index (χ2n) is 2.86. The van der Waals surface area contributed by atoms with Crippen LogP contribution in [0.1, 0.15) is 19.8 Å². The van der Waals surface area contributed by atoms with E-state index in [2.05, 4.69) is 0 Å². The van der Waals surface area contributed by atoms with E-state index in [4.69, 9.17) is 15.3 Å². The Labute approximate surface area is 76.0 Å². The minimum absolute atomic E-state index is 0.0496. The van der Waals surface area contributed by atoms with Gasteiger partial charge in [0.1, 0.15) is 18.0 Å². The van der Waals surface area contributed by atoms with E-state index >= 15 is 0 Å². The Bertz CT molecular complexity index is 189. The Morgan fingerprint density at radius 2 is 1.77 bits per heavy atom. The first-order valence-corrected chi connectivity index (χ1v) is 3.98. The fraction of sp³-hybridized carbons (Fsp3) is 0.750. The topological polar surface area (TPSA) is 94.8 Å². The molecular weight excluding hydrogens is 176 g/mol. The van der Waals surface area contributed by atoms with Crippen LogP contribution in [0, 0.1) is 0 Å². The van der Waals surface area contributed by atoms with Crippen molar-refractivity contribution in [1.82, 2.24) is 0 Å². The molecule has 0 aliphatic rings. The molecule has 2 unspecified atom stereocenters. The average Bonchev–Trinajstić information content (AvgIpc) is 2.11. The van der Waals surface area contributed by atoms with E-state index in [1.807, 2.05) is 0 Å². The van der Waals surface area contributed by atoms with Gasteiger partial charge < -0.3 is 20.1 Å². The van der Waals surface area contributed by atoms with Crippen molar-refractivity contribution in [2.75, 3.05) is 6.61 Å². The second-order valence-corrected chi connectivity index (χ2v) is 2.86. The lowest BCUT2D eigenvalue weighted by Crippen LogP contribution is -2.36. The van der Waals surface area contributed by atoms with Gasteiger partial charge in [-0.05, 0) is 6.92 Å². The van der Waals surface area contributed by atoms with Gasteiger partial charge in [-0.1, -0.05) is 0 Å². The number of ketones is 2. The summed E-state index contributed by atoms with van der Waals surface area (Å²) in [5.74, 6) is -0.782. The van der Waals surface area contributed by atoms with Crippen LogP contribution in [0.2, 0.25) is 0 Å². The maximum absolute atomic E-state index is 11.0. The first kappa shape index (κ1) is 12.2. The molecule has 0 saturated heterocycles. The van der Waals surface area contributed by atoms with Crippen molar-refractivity contribution in [3.05, 3.63) is 0 Å². The molecule has 0 rings (SSSR count). The molecule has 0 aliphatic heterocycles. The molecule has 0 fully saturated rings. The zero-order valence-electron chi connectivity index (χ0n) is 7.43. The van der Waals surface area contributed by atoms with Gasteiger partial charge in [0.25, 0.3) is 0 Å². The largest absolute Gasteiger partial charge is 0.394 e. The second kappa shape index (κ2) is 5.80. The van der Waals surface area contributed by atoms with Crippen molar-refractivity contribution < 1.29 is 24.9 Å². The molecule has 0 amide bonds. The summed E-state index contributed by atoms with van der Waals surface area (Å²) >= 11 is 0. The van der Waals surface area contributed by atoms with Crippen LogP contribution < -0.4 is 0 Å². The molecule has 5 nitrogen and oxygen atoms in total. The van der Waals surface area contributed by atoms with Crippen molar-refractivity contribution in [1.29, 1.82) is 0 Å². The molecule has 5 heteroatoms.